The van der Waals surface area contributed by atoms with Gasteiger partial charge in [0, 0.05) is 25.7 Å². The summed E-state index contributed by atoms with van der Waals surface area (Å²) in [4.78, 5) is 18.6. The van der Waals surface area contributed by atoms with E-state index in [4.69, 9.17) is 5.73 Å². The summed E-state index contributed by atoms with van der Waals surface area (Å²) in [5, 5.41) is 19.3. The molecule has 1 unspecified atom stereocenters. The number of hydrogen-bond acceptors (Lipinski definition) is 7. The van der Waals surface area contributed by atoms with E-state index in [9.17, 15) is 23.4 Å². The van der Waals surface area contributed by atoms with Gasteiger partial charge in [0.25, 0.3) is 5.91 Å². The first-order chi connectivity index (χ1) is 13.9. The van der Waals surface area contributed by atoms with Crippen molar-refractivity contribution in [3.05, 3.63) is 18.2 Å². The maximum atomic E-state index is 12.9. The third-order valence-electron chi connectivity index (χ3n) is 5.72. The summed E-state index contributed by atoms with van der Waals surface area (Å²) in [6.45, 7) is 6.84. The van der Waals surface area contributed by atoms with Gasteiger partial charge >= 0.3 is 0 Å². The third-order valence-corrected chi connectivity index (χ3v) is 7.67. The molecule has 0 aromatic heterocycles. The van der Waals surface area contributed by atoms with Gasteiger partial charge < -0.3 is 15.9 Å². The van der Waals surface area contributed by atoms with Crippen LogP contribution in [0.15, 0.2) is 28.1 Å². The monoisotopic (exact) mass is 438 g/mol. The molecule has 1 fully saturated rings. The molecule has 2 heterocycles. The van der Waals surface area contributed by atoms with Crippen LogP contribution in [0.1, 0.15) is 40.0 Å². The van der Waals surface area contributed by atoms with Crippen molar-refractivity contribution >= 4 is 21.9 Å². The molecule has 10 heteroatoms. The Morgan fingerprint density at radius 2 is 1.90 bits per heavy atom. The number of guanidine groups is 1. The number of phenolic OH excluding ortho intramolecular Hbond substituents is 2. The van der Waals surface area contributed by atoms with Gasteiger partial charge in [0.05, 0.1) is 0 Å². The number of rotatable bonds is 6. The number of hydrogen-bond donors (Lipinski definition) is 3. The van der Waals surface area contributed by atoms with E-state index in [0.29, 0.717) is 31.7 Å². The van der Waals surface area contributed by atoms with E-state index in [-0.39, 0.29) is 41.5 Å². The number of nitrogens with two attached hydrogens (primary N) is 1. The maximum Gasteiger partial charge on any atom is 0.257 e. The van der Waals surface area contributed by atoms with Crippen LogP contribution in [-0.2, 0) is 14.8 Å². The predicted molar refractivity (Wildman–Crippen MR) is 112 cm³/mol. The summed E-state index contributed by atoms with van der Waals surface area (Å²) in [7, 11) is -3.87. The minimum Gasteiger partial charge on any atom is -0.508 e. The molecule has 4 N–H and O–H groups in total. The van der Waals surface area contributed by atoms with Gasteiger partial charge in [0.15, 0.2) is 5.96 Å². The van der Waals surface area contributed by atoms with Crippen LogP contribution in [0.2, 0.25) is 0 Å². The molecule has 1 saturated heterocycles. The van der Waals surface area contributed by atoms with Crippen molar-refractivity contribution in [2.24, 2.45) is 22.6 Å². The minimum absolute atomic E-state index is 0.0993. The molecule has 0 spiro atoms. The van der Waals surface area contributed by atoms with Crippen molar-refractivity contribution in [1.82, 2.24) is 9.21 Å². The number of phenols is 2. The highest BCUT2D eigenvalue weighted by molar-refractivity contribution is 7.89. The van der Waals surface area contributed by atoms with E-state index in [2.05, 4.69) is 4.99 Å². The lowest BCUT2D eigenvalue weighted by Gasteiger charge is -2.33. The van der Waals surface area contributed by atoms with Crippen molar-refractivity contribution in [3.8, 4) is 11.5 Å². The number of sulfonamides is 1. The Hall–Kier alpha value is -2.33. The smallest absolute Gasteiger partial charge is 0.257 e. The zero-order valence-corrected chi connectivity index (χ0v) is 18.4. The van der Waals surface area contributed by atoms with E-state index < -0.39 is 21.3 Å². The molecule has 166 valence electrons. The molecule has 2 aliphatic heterocycles. The molecule has 1 amide bonds. The van der Waals surface area contributed by atoms with Crippen LogP contribution in [0.25, 0.3) is 0 Å². The van der Waals surface area contributed by atoms with E-state index >= 15 is 0 Å². The van der Waals surface area contributed by atoms with Crippen molar-refractivity contribution in [1.29, 1.82) is 0 Å². The number of aromatic hydroxyl groups is 2. The fourth-order valence-electron chi connectivity index (χ4n) is 4.31. The van der Waals surface area contributed by atoms with E-state index in [1.807, 2.05) is 20.8 Å². The Balaban J connectivity index is 1.64. The summed E-state index contributed by atoms with van der Waals surface area (Å²) in [6.07, 6.45) is 1.75. The van der Waals surface area contributed by atoms with Gasteiger partial charge in [-0.1, -0.05) is 13.8 Å². The average Bonchev–Trinajstić information content (AvgIpc) is 2.84. The highest BCUT2D eigenvalue weighted by Gasteiger charge is 2.45. The van der Waals surface area contributed by atoms with Crippen LogP contribution in [-0.4, -0.2) is 64.9 Å². The molecular weight excluding hydrogens is 408 g/mol. The van der Waals surface area contributed by atoms with Gasteiger partial charge in [-0.05, 0) is 50.2 Å². The van der Waals surface area contributed by atoms with Crippen molar-refractivity contribution < 1.29 is 23.4 Å². The van der Waals surface area contributed by atoms with Crippen molar-refractivity contribution in [2.45, 2.75) is 50.5 Å². The van der Waals surface area contributed by atoms with Crippen LogP contribution in [0.3, 0.4) is 0 Å². The lowest BCUT2D eigenvalue weighted by Crippen LogP contribution is -2.47. The maximum absolute atomic E-state index is 12.9. The van der Waals surface area contributed by atoms with Crippen LogP contribution in [0, 0.1) is 11.8 Å². The number of piperidine rings is 1. The van der Waals surface area contributed by atoms with Crippen LogP contribution in [0.4, 0.5) is 0 Å². The molecule has 30 heavy (non-hydrogen) atoms. The topological polar surface area (TPSA) is 137 Å². The predicted octanol–water partition coefficient (Wildman–Crippen LogP) is 1.46. The number of nitrogens with zero attached hydrogens (tertiary/aromatic N) is 3. The van der Waals surface area contributed by atoms with Gasteiger partial charge in [0.1, 0.15) is 21.9 Å². The Kier molecular flexibility index (Phi) is 6.01. The van der Waals surface area contributed by atoms with Crippen LogP contribution in [0.5, 0.6) is 11.5 Å². The highest BCUT2D eigenvalue weighted by atomic mass is 32.2. The second kappa shape index (κ2) is 8.07. The van der Waals surface area contributed by atoms with Gasteiger partial charge in [0.2, 0.25) is 10.0 Å². The van der Waals surface area contributed by atoms with E-state index in [1.165, 1.54) is 21.3 Å². The normalized spacial score (nSPS) is 23.9. The lowest BCUT2D eigenvalue weighted by molar-refractivity contribution is -0.131. The molecule has 2 aliphatic rings. The number of carbonyl (C=O) groups is 1. The Labute approximate surface area is 177 Å². The van der Waals surface area contributed by atoms with E-state index in [1.54, 1.807) is 0 Å². The molecule has 0 radical (unpaired) electrons. The summed E-state index contributed by atoms with van der Waals surface area (Å²) in [5.74, 6) is -0.147. The largest absolute Gasteiger partial charge is 0.508 e. The second-order valence-electron chi connectivity index (χ2n) is 8.76. The third kappa shape index (κ3) is 4.24. The number of carbonyl (C=O) groups excluding carboxylic acids is 1. The van der Waals surface area contributed by atoms with Crippen LogP contribution >= 0.6 is 0 Å². The molecule has 1 aromatic carbocycles. The number of benzene rings is 1. The first-order valence-electron chi connectivity index (χ1n) is 10.1. The fraction of sp³-hybridized carbons (Fsp3) is 0.600. The first kappa shape index (κ1) is 22.4. The Bertz CT molecular complexity index is 954. The van der Waals surface area contributed by atoms with Gasteiger partial charge in [-0.3, -0.25) is 9.69 Å². The first-order valence-corrected chi connectivity index (χ1v) is 11.6. The molecule has 0 bridgehead atoms. The lowest BCUT2D eigenvalue weighted by atomic mass is 9.90. The fourth-order valence-corrected chi connectivity index (χ4v) is 5.85. The molecule has 0 aliphatic carbocycles. The highest BCUT2D eigenvalue weighted by Crippen LogP contribution is 2.33. The van der Waals surface area contributed by atoms with Gasteiger partial charge in [-0.2, -0.15) is 4.31 Å². The molecule has 3 rings (SSSR count). The molecule has 1 aromatic rings. The summed E-state index contributed by atoms with van der Waals surface area (Å²) in [6, 6.07) is 3.44. The zero-order valence-electron chi connectivity index (χ0n) is 17.6. The molecule has 1 atom stereocenters. The average molecular weight is 439 g/mol. The Morgan fingerprint density at radius 1 is 1.27 bits per heavy atom. The molecule has 9 nitrogen and oxygen atoms in total. The quantitative estimate of drug-likeness (QED) is 0.615. The van der Waals surface area contributed by atoms with E-state index in [0.717, 1.165) is 6.07 Å². The zero-order chi connectivity index (χ0) is 22.3. The number of amides is 1. The van der Waals surface area contributed by atoms with Gasteiger partial charge in [-0.15, -0.1) is 0 Å². The van der Waals surface area contributed by atoms with Gasteiger partial charge in [-0.25, -0.2) is 13.4 Å². The summed E-state index contributed by atoms with van der Waals surface area (Å²) >= 11 is 0. The van der Waals surface area contributed by atoms with Crippen molar-refractivity contribution in [2.75, 3.05) is 19.6 Å². The standard InChI is InChI=1S/C20H30N4O5S/c1-13(2)11-20(3)18(27)24(19(21)22-20)12-14-6-8-23(9-7-14)30(28,29)17-5-4-15(25)10-16(17)26/h4-5,10,13-14,25-26H,6-9,11-12H2,1-3H3,(H2,21,22). The Morgan fingerprint density at radius 3 is 2.47 bits per heavy atom. The molecule has 0 saturated carbocycles. The summed E-state index contributed by atoms with van der Waals surface area (Å²) in [5.41, 5.74) is 5.21. The minimum atomic E-state index is -3.87. The second-order valence-corrected chi connectivity index (χ2v) is 10.7. The van der Waals surface area contributed by atoms with Crippen LogP contribution < -0.4 is 5.73 Å². The van der Waals surface area contributed by atoms with Crippen molar-refractivity contribution in [3.63, 3.8) is 0 Å². The summed E-state index contributed by atoms with van der Waals surface area (Å²) < 4.78 is 27.0. The number of aliphatic imine (C=N–C) groups is 1. The molecular formula is C20H30N4O5S. The SMILES string of the molecule is CC(C)CC1(C)N=C(N)N(CC2CCN(S(=O)(=O)c3ccc(O)cc3O)CC2)C1=O.